The van der Waals surface area contributed by atoms with Crippen molar-refractivity contribution in [2.75, 3.05) is 0 Å². The molecule has 22 heavy (non-hydrogen) atoms. The number of nitrogens with one attached hydrogen (secondary N) is 2. The molecule has 0 saturated carbocycles. The van der Waals surface area contributed by atoms with Gasteiger partial charge in [0, 0.05) is 29.1 Å². The SMILES string of the molecule is O=C(Cc1c[nH]c2ccccc12)NC1CCCc2occc21. The Labute approximate surface area is 128 Å². The van der Waals surface area contributed by atoms with Gasteiger partial charge in [0.1, 0.15) is 5.76 Å². The van der Waals surface area contributed by atoms with E-state index in [9.17, 15) is 4.79 Å². The molecule has 1 aliphatic rings. The van der Waals surface area contributed by atoms with Crippen molar-refractivity contribution < 1.29 is 9.21 Å². The summed E-state index contributed by atoms with van der Waals surface area (Å²) >= 11 is 0. The molecule has 3 aromatic rings. The normalized spacial score (nSPS) is 17.4. The van der Waals surface area contributed by atoms with Crippen molar-refractivity contribution in [3.05, 3.63) is 59.7 Å². The zero-order valence-corrected chi connectivity index (χ0v) is 12.3. The molecule has 0 radical (unpaired) electrons. The van der Waals surface area contributed by atoms with Crippen LogP contribution < -0.4 is 5.32 Å². The number of aryl methyl sites for hydroxylation is 1. The lowest BCUT2D eigenvalue weighted by molar-refractivity contribution is -0.121. The second-order valence-electron chi connectivity index (χ2n) is 5.85. The van der Waals surface area contributed by atoms with Gasteiger partial charge in [0.25, 0.3) is 0 Å². The minimum atomic E-state index is 0.0591. The van der Waals surface area contributed by atoms with E-state index in [2.05, 4.69) is 10.3 Å². The summed E-state index contributed by atoms with van der Waals surface area (Å²) in [6.07, 6.45) is 7.04. The third-order valence-electron chi connectivity index (χ3n) is 4.41. The maximum Gasteiger partial charge on any atom is 0.224 e. The van der Waals surface area contributed by atoms with E-state index in [0.717, 1.165) is 47.1 Å². The Kier molecular flexibility index (Phi) is 3.22. The monoisotopic (exact) mass is 294 g/mol. The Bertz CT molecular complexity index is 815. The van der Waals surface area contributed by atoms with Gasteiger partial charge in [-0.05, 0) is 30.5 Å². The van der Waals surface area contributed by atoms with Crippen LogP contribution in [0.25, 0.3) is 10.9 Å². The highest BCUT2D eigenvalue weighted by Crippen LogP contribution is 2.30. The van der Waals surface area contributed by atoms with E-state index < -0.39 is 0 Å². The molecule has 4 heteroatoms. The minimum Gasteiger partial charge on any atom is -0.469 e. The molecule has 2 aromatic heterocycles. The van der Waals surface area contributed by atoms with Crippen molar-refractivity contribution in [3.8, 4) is 0 Å². The van der Waals surface area contributed by atoms with Crippen LogP contribution in [0.1, 0.15) is 35.8 Å². The van der Waals surface area contributed by atoms with Gasteiger partial charge in [0.2, 0.25) is 5.91 Å². The number of hydrogen-bond acceptors (Lipinski definition) is 2. The zero-order valence-electron chi connectivity index (χ0n) is 12.3. The number of aromatic nitrogens is 1. The topological polar surface area (TPSA) is 58.0 Å². The summed E-state index contributed by atoms with van der Waals surface area (Å²) in [5.74, 6) is 1.08. The fraction of sp³-hybridized carbons (Fsp3) is 0.278. The smallest absolute Gasteiger partial charge is 0.224 e. The highest BCUT2D eigenvalue weighted by molar-refractivity contribution is 5.89. The summed E-state index contributed by atoms with van der Waals surface area (Å²) in [5, 5.41) is 4.27. The molecule has 0 saturated heterocycles. The number of benzene rings is 1. The number of para-hydroxylation sites is 1. The van der Waals surface area contributed by atoms with Crippen LogP contribution in [0.3, 0.4) is 0 Å². The van der Waals surface area contributed by atoms with E-state index in [1.54, 1.807) is 6.26 Å². The molecule has 112 valence electrons. The van der Waals surface area contributed by atoms with Crippen molar-refractivity contribution in [1.82, 2.24) is 10.3 Å². The van der Waals surface area contributed by atoms with Crippen LogP contribution in [-0.4, -0.2) is 10.9 Å². The van der Waals surface area contributed by atoms with Gasteiger partial charge in [0.15, 0.2) is 0 Å². The Morgan fingerprint density at radius 1 is 1.32 bits per heavy atom. The van der Waals surface area contributed by atoms with E-state index in [-0.39, 0.29) is 11.9 Å². The number of furan rings is 1. The fourth-order valence-corrected chi connectivity index (χ4v) is 3.33. The van der Waals surface area contributed by atoms with E-state index in [1.807, 2.05) is 36.5 Å². The lowest BCUT2D eigenvalue weighted by Crippen LogP contribution is -2.31. The first-order valence-electron chi connectivity index (χ1n) is 7.72. The Balaban J connectivity index is 1.50. The first-order chi connectivity index (χ1) is 10.8. The average molecular weight is 294 g/mol. The van der Waals surface area contributed by atoms with Gasteiger partial charge < -0.3 is 14.7 Å². The summed E-state index contributed by atoms with van der Waals surface area (Å²) in [6, 6.07) is 10.1. The molecule has 2 N–H and O–H groups in total. The fourth-order valence-electron chi connectivity index (χ4n) is 3.33. The highest BCUT2D eigenvalue weighted by Gasteiger charge is 2.24. The summed E-state index contributed by atoms with van der Waals surface area (Å²) in [5.41, 5.74) is 3.25. The Hall–Kier alpha value is -2.49. The lowest BCUT2D eigenvalue weighted by atomic mass is 9.93. The first-order valence-corrected chi connectivity index (χ1v) is 7.72. The van der Waals surface area contributed by atoms with E-state index in [0.29, 0.717) is 6.42 Å². The van der Waals surface area contributed by atoms with Crippen molar-refractivity contribution in [2.45, 2.75) is 31.7 Å². The highest BCUT2D eigenvalue weighted by atomic mass is 16.3. The van der Waals surface area contributed by atoms with Gasteiger partial charge in [-0.3, -0.25) is 4.79 Å². The summed E-state index contributed by atoms with van der Waals surface area (Å²) in [7, 11) is 0. The van der Waals surface area contributed by atoms with Gasteiger partial charge in [-0.25, -0.2) is 0 Å². The van der Waals surface area contributed by atoms with Crippen LogP contribution in [0.15, 0.2) is 47.2 Å². The molecule has 1 atom stereocenters. The minimum absolute atomic E-state index is 0.0591. The number of H-pyrrole nitrogens is 1. The number of carbonyl (C=O) groups excluding carboxylic acids is 1. The number of fused-ring (bicyclic) bond motifs is 2. The van der Waals surface area contributed by atoms with Crippen molar-refractivity contribution >= 4 is 16.8 Å². The van der Waals surface area contributed by atoms with Crippen LogP contribution in [-0.2, 0) is 17.6 Å². The second kappa shape index (κ2) is 5.37. The van der Waals surface area contributed by atoms with Crippen molar-refractivity contribution in [3.63, 3.8) is 0 Å². The van der Waals surface area contributed by atoms with Crippen molar-refractivity contribution in [2.24, 2.45) is 0 Å². The van der Waals surface area contributed by atoms with Crippen LogP contribution in [0.2, 0.25) is 0 Å². The number of hydrogen-bond donors (Lipinski definition) is 2. The van der Waals surface area contributed by atoms with Gasteiger partial charge >= 0.3 is 0 Å². The molecule has 1 aliphatic carbocycles. The molecule has 1 amide bonds. The molecule has 0 fully saturated rings. The molecule has 4 nitrogen and oxygen atoms in total. The maximum absolute atomic E-state index is 12.4. The molecule has 1 unspecified atom stereocenters. The van der Waals surface area contributed by atoms with Crippen LogP contribution in [0, 0.1) is 0 Å². The molecule has 4 rings (SSSR count). The molecular weight excluding hydrogens is 276 g/mol. The number of carbonyl (C=O) groups is 1. The molecule has 0 aliphatic heterocycles. The van der Waals surface area contributed by atoms with Gasteiger partial charge in [-0.15, -0.1) is 0 Å². The van der Waals surface area contributed by atoms with E-state index >= 15 is 0 Å². The number of aromatic amines is 1. The molecule has 0 spiro atoms. The predicted molar refractivity (Wildman–Crippen MR) is 84.5 cm³/mol. The summed E-state index contributed by atoms with van der Waals surface area (Å²) < 4.78 is 5.47. The quantitative estimate of drug-likeness (QED) is 0.776. The maximum atomic E-state index is 12.4. The average Bonchev–Trinajstić information content (AvgIpc) is 3.15. The molecule has 0 bridgehead atoms. The number of amides is 1. The van der Waals surface area contributed by atoms with Crippen molar-refractivity contribution in [1.29, 1.82) is 0 Å². The van der Waals surface area contributed by atoms with Crippen LogP contribution >= 0.6 is 0 Å². The Morgan fingerprint density at radius 3 is 3.18 bits per heavy atom. The molecule has 1 aromatic carbocycles. The standard InChI is InChI=1S/C18H18N2O2/c21-18(10-12-11-19-15-5-2-1-4-13(12)15)20-16-6-3-7-17-14(16)8-9-22-17/h1-2,4-5,8-9,11,16,19H,3,6-7,10H2,(H,20,21). The second-order valence-corrected chi connectivity index (χ2v) is 5.85. The third-order valence-corrected chi connectivity index (χ3v) is 4.41. The Morgan fingerprint density at radius 2 is 2.23 bits per heavy atom. The van der Waals surface area contributed by atoms with Crippen LogP contribution in [0.5, 0.6) is 0 Å². The predicted octanol–water partition coefficient (Wildman–Crippen LogP) is 3.50. The van der Waals surface area contributed by atoms with Gasteiger partial charge in [0.05, 0.1) is 18.7 Å². The van der Waals surface area contributed by atoms with E-state index in [1.165, 1.54) is 0 Å². The zero-order chi connectivity index (χ0) is 14.9. The summed E-state index contributed by atoms with van der Waals surface area (Å²) in [6.45, 7) is 0. The largest absolute Gasteiger partial charge is 0.469 e. The van der Waals surface area contributed by atoms with Crippen LogP contribution in [0.4, 0.5) is 0 Å². The third kappa shape index (κ3) is 2.30. The van der Waals surface area contributed by atoms with E-state index in [4.69, 9.17) is 4.42 Å². The molecule has 2 heterocycles. The lowest BCUT2D eigenvalue weighted by Gasteiger charge is -2.22. The number of rotatable bonds is 3. The molecular formula is C18H18N2O2. The summed E-state index contributed by atoms with van der Waals surface area (Å²) in [4.78, 5) is 15.6. The van der Waals surface area contributed by atoms with Gasteiger partial charge in [-0.1, -0.05) is 18.2 Å². The van der Waals surface area contributed by atoms with Gasteiger partial charge in [-0.2, -0.15) is 0 Å². The first kappa shape index (κ1) is 13.2.